The van der Waals surface area contributed by atoms with E-state index in [4.69, 9.17) is 8.84 Å². The zero-order valence-electron chi connectivity index (χ0n) is 18.2. The number of ketones is 1. The minimum Gasteiger partial charge on any atom is -0.413 e. The van der Waals surface area contributed by atoms with Gasteiger partial charge in [0.15, 0.2) is 19.7 Å². The van der Waals surface area contributed by atoms with Crippen LogP contribution < -0.4 is 11.1 Å². The molecule has 0 spiro atoms. The van der Waals surface area contributed by atoms with Gasteiger partial charge >= 0.3 is 5.76 Å². The average Bonchev–Trinajstić information content (AvgIpc) is 2.86. The predicted molar refractivity (Wildman–Crippen MR) is 114 cm³/mol. The Kier molecular flexibility index (Phi) is 5.38. The van der Waals surface area contributed by atoms with Crippen molar-refractivity contribution in [2.24, 2.45) is 13.0 Å². The van der Waals surface area contributed by atoms with Crippen molar-refractivity contribution in [2.45, 2.75) is 64.4 Å². The van der Waals surface area contributed by atoms with E-state index in [0.717, 1.165) is 0 Å². The molecule has 1 aromatic heterocycles. The molecule has 1 aromatic carbocycles. The van der Waals surface area contributed by atoms with E-state index < -0.39 is 14.1 Å². The van der Waals surface area contributed by atoms with Crippen molar-refractivity contribution in [3.63, 3.8) is 0 Å². The highest BCUT2D eigenvalue weighted by molar-refractivity contribution is 6.74. The van der Waals surface area contributed by atoms with E-state index in [1.807, 2.05) is 6.92 Å². The lowest BCUT2D eigenvalue weighted by atomic mass is 9.82. The van der Waals surface area contributed by atoms with Gasteiger partial charge in [-0.05, 0) is 43.3 Å². The van der Waals surface area contributed by atoms with Gasteiger partial charge in [-0.3, -0.25) is 14.2 Å². The molecular formula is C21H30N2O5Si. The van der Waals surface area contributed by atoms with Crippen molar-refractivity contribution in [1.29, 1.82) is 0 Å². The number of fused-ring (bicyclic) bond motifs is 1. The Bertz CT molecular complexity index is 1010. The van der Waals surface area contributed by atoms with E-state index in [9.17, 15) is 14.4 Å². The Morgan fingerprint density at radius 3 is 2.55 bits per heavy atom. The second-order valence-corrected chi connectivity index (χ2v) is 14.2. The molecule has 3 rings (SSSR count). The molecule has 1 aliphatic rings. The standard InChI is InChI=1S/C21H30N2O5Si/c1-12(28-29(6,7)21(2,3)4)18-14(22-19(18)25)11-16(24)13-8-9-17-15(10-13)23(5)20(26)27-17/h8-10,12,14,18H,11H2,1-7H3,(H,22,25)/t12-,14-,18-/m1/s1. The molecule has 0 bridgehead atoms. The predicted octanol–water partition coefficient (Wildman–Crippen LogP) is 3.23. The molecule has 2 aromatic rings. The van der Waals surface area contributed by atoms with Gasteiger partial charge in [-0.2, -0.15) is 0 Å². The van der Waals surface area contributed by atoms with Crippen molar-refractivity contribution in [2.75, 3.05) is 0 Å². The van der Waals surface area contributed by atoms with Gasteiger partial charge in [-0.15, -0.1) is 0 Å². The van der Waals surface area contributed by atoms with Crippen LogP contribution in [0, 0.1) is 5.92 Å². The number of nitrogens with zero attached hydrogens (tertiary/aromatic N) is 1. The average molecular weight is 419 g/mol. The number of β-lactam (4-membered cyclic amide) rings is 1. The van der Waals surface area contributed by atoms with Gasteiger partial charge in [0.2, 0.25) is 5.91 Å². The molecule has 1 aliphatic heterocycles. The molecule has 0 radical (unpaired) electrons. The first-order valence-electron chi connectivity index (χ1n) is 9.93. The third kappa shape index (κ3) is 3.96. The van der Waals surface area contributed by atoms with Gasteiger partial charge in [0, 0.05) is 19.0 Å². The Balaban J connectivity index is 1.73. The quantitative estimate of drug-likeness (QED) is 0.442. The van der Waals surface area contributed by atoms with Crippen LogP contribution in [0.25, 0.3) is 11.1 Å². The number of carbonyl (C=O) groups excluding carboxylic acids is 2. The van der Waals surface area contributed by atoms with E-state index in [-0.39, 0.29) is 41.2 Å². The number of rotatable bonds is 6. The third-order valence-corrected chi connectivity index (χ3v) is 10.9. The highest BCUT2D eigenvalue weighted by Gasteiger charge is 2.47. The first kappa shape index (κ1) is 21.5. The summed E-state index contributed by atoms with van der Waals surface area (Å²) in [6, 6.07) is 4.69. The number of carbonyl (C=O) groups is 2. The number of oxazole rings is 1. The van der Waals surface area contributed by atoms with E-state index in [1.165, 1.54) is 4.57 Å². The van der Waals surface area contributed by atoms with Crippen molar-refractivity contribution >= 4 is 31.1 Å². The van der Waals surface area contributed by atoms with Gasteiger partial charge in [-0.25, -0.2) is 4.79 Å². The number of hydrogen-bond donors (Lipinski definition) is 1. The Labute approximate surface area is 171 Å². The number of aromatic nitrogens is 1. The fourth-order valence-electron chi connectivity index (χ4n) is 3.51. The fourth-order valence-corrected chi connectivity index (χ4v) is 4.94. The topological polar surface area (TPSA) is 90.5 Å². The highest BCUT2D eigenvalue weighted by atomic mass is 28.4. The Morgan fingerprint density at radius 1 is 1.31 bits per heavy atom. The normalized spacial score (nSPS) is 21.0. The Hall–Kier alpha value is -2.19. The molecule has 1 fully saturated rings. The van der Waals surface area contributed by atoms with E-state index in [1.54, 1.807) is 25.2 Å². The number of Topliss-reactive ketones (excluding diaryl/α,β-unsaturated/α-hetero) is 1. The van der Waals surface area contributed by atoms with Gasteiger partial charge in [-0.1, -0.05) is 20.8 Å². The monoisotopic (exact) mass is 418 g/mol. The minimum absolute atomic E-state index is 0.0444. The van der Waals surface area contributed by atoms with Crippen LogP contribution in [0.2, 0.25) is 18.1 Å². The lowest BCUT2D eigenvalue weighted by Gasteiger charge is -2.45. The van der Waals surface area contributed by atoms with Crippen LogP contribution in [-0.2, 0) is 16.3 Å². The lowest BCUT2D eigenvalue weighted by Crippen LogP contribution is -2.64. The summed E-state index contributed by atoms with van der Waals surface area (Å²) >= 11 is 0. The van der Waals surface area contributed by atoms with Gasteiger partial charge in [0.25, 0.3) is 0 Å². The van der Waals surface area contributed by atoms with Crippen molar-refractivity contribution in [3.8, 4) is 0 Å². The summed E-state index contributed by atoms with van der Waals surface area (Å²) in [4.78, 5) is 36.7. The minimum atomic E-state index is -2.02. The molecule has 1 amide bonds. The van der Waals surface area contributed by atoms with Crippen molar-refractivity contribution in [1.82, 2.24) is 9.88 Å². The van der Waals surface area contributed by atoms with Crippen molar-refractivity contribution < 1.29 is 18.4 Å². The summed E-state index contributed by atoms with van der Waals surface area (Å²) in [7, 11) is -0.417. The summed E-state index contributed by atoms with van der Waals surface area (Å²) in [5.74, 6) is -0.959. The molecule has 0 unspecified atom stereocenters. The largest absolute Gasteiger partial charge is 0.419 e. The molecule has 29 heavy (non-hydrogen) atoms. The van der Waals surface area contributed by atoms with Crippen molar-refractivity contribution in [3.05, 3.63) is 34.3 Å². The third-order valence-electron chi connectivity index (χ3n) is 6.38. The van der Waals surface area contributed by atoms with E-state index in [0.29, 0.717) is 16.7 Å². The molecule has 1 N–H and O–H groups in total. The van der Waals surface area contributed by atoms with Crippen LogP contribution >= 0.6 is 0 Å². The molecular weight excluding hydrogens is 388 g/mol. The molecule has 1 saturated heterocycles. The summed E-state index contributed by atoms with van der Waals surface area (Å²) in [6.45, 7) is 12.7. The summed E-state index contributed by atoms with van der Waals surface area (Å²) < 4.78 is 12.9. The fraction of sp³-hybridized carbons (Fsp3) is 0.571. The van der Waals surface area contributed by atoms with E-state index >= 15 is 0 Å². The van der Waals surface area contributed by atoms with Crippen LogP contribution in [-0.4, -0.2) is 36.7 Å². The molecule has 8 heteroatoms. The Morgan fingerprint density at radius 2 is 1.97 bits per heavy atom. The SMILES string of the molecule is C[C@@H](O[Si](C)(C)C(C)(C)C)[C@H]1C(=O)N[C@@H]1CC(=O)c1ccc2oc(=O)n(C)c2c1. The maximum atomic E-state index is 12.8. The number of aryl methyl sites for hydroxylation is 1. The van der Waals surface area contributed by atoms with Crippen LogP contribution in [0.4, 0.5) is 0 Å². The maximum absolute atomic E-state index is 12.8. The smallest absolute Gasteiger partial charge is 0.413 e. The zero-order chi connectivity index (χ0) is 21.7. The molecule has 7 nitrogen and oxygen atoms in total. The molecule has 0 saturated carbocycles. The maximum Gasteiger partial charge on any atom is 0.419 e. The summed E-state index contributed by atoms with van der Waals surface area (Å²) in [6.07, 6.45) is -0.0570. The molecule has 2 heterocycles. The summed E-state index contributed by atoms with van der Waals surface area (Å²) in [5.41, 5.74) is 1.51. The first-order valence-corrected chi connectivity index (χ1v) is 12.8. The second kappa shape index (κ2) is 7.25. The van der Waals surface area contributed by atoms with Crippen LogP contribution in [0.5, 0.6) is 0 Å². The number of nitrogens with one attached hydrogen (secondary N) is 1. The number of hydrogen-bond acceptors (Lipinski definition) is 5. The van der Waals surface area contributed by atoms with Gasteiger partial charge in [0.1, 0.15) is 0 Å². The first-order chi connectivity index (χ1) is 13.3. The summed E-state index contributed by atoms with van der Waals surface area (Å²) in [5, 5.41) is 2.90. The second-order valence-electron chi connectivity index (χ2n) is 9.46. The molecule has 158 valence electrons. The van der Waals surface area contributed by atoms with E-state index in [2.05, 4.69) is 39.2 Å². The molecule has 0 aliphatic carbocycles. The van der Waals surface area contributed by atoms with Crippen LogP contribution in [0.3, 0.4) is 0 Å². The van der Waals surface area contributed by atoms with Gasteiger partial charge < -0.3 is 14.2 Å². The zero-order valence-corrected chi connectivity index (χ0v) is 19.2. The lowest BCUT2D eigenvalue weighted by molar-refractivity contribution is -0.139. The highest BCUT2D eigenvalue weighted by Crippen LogP contribution is 2.39. The van der Waals surface area contributed by atoms with Crippen LogP contribution in [0.1, 0.15) is 44.5 Å². The molecule has 3 atom stereocenters. The number of benzene rings is 1. The van der Waals surface area contributed by atoms with Gasteiger partial charge in [0.05, 0.1) is 23.6 Å². The number of amides is 1. The van der Waals surface area contributed by atoms with Crippen LogP contribution in [0.15, 0.2) is 27.4 Å².